The molecule has 3 N–H and O–H groups in total. The van der Waals surface area contributed by atoms with Crippen LogP contribution in [0, 0.1) is 0 Å². The largest absolute Gasteiger partial charge is 0.480 e. The van der Waals surface area contributed by atoms with Crippen molar-refractivity contribution in [3.05, 3.63) is 18.2 Å². The minimum atomic E-state index is -1.25. The number of hydrogen-bond acceptors (Lipinski definition) is 4. The van der Waals surface area contributed by atoms with Crippen LogP contribution >= 0.6 is 0 Å². The number of carboxylic acids is 2. The molecule has 112 valence electrons. The molecule has 0 amide bonds. The molecule has 0 saturated carbocycles. The summed E-state index contributed by atoms with van der Waals surface area (Å²) in [5.41, 5.74) is -0.523. The van der Waals surface area contributed by atoms with Crippen molar-refractivity contribution in [2.24, 2.45) is 7.05 Å². The minimum Gasteiger partial charge on any atom is -0.480 e. The van der Waals surface area contributed by atoms with Crippen LogP contribution in [0.1, 0.15) is 32.4 Å². The van der Waals surface area contributed by atoms with Crippen molar-refractivity contribution in [3.8, 4) is 0 Å². The molecular formula is C13H21N3O4. The number of rotatable bonds is 8. The fraction of sp³-hybridized carbons (Fsp3) is 0.615. The first-order chi connectivity index (χ1) is 9.30. The Hall–Kier alpha value is -1.89. The van der Waals surface area contributed by atoms with E-state index in [4.69, 9.17) is 0 Å². The van der Waals surface area contributed by atoms with Crippen LogP contribution in [0.4, 0.5) is 0 Å². The highest BCUT2D eigenvalue weighted by Gasteiger charge is 2.36. The van der Waals surface area contributed by atoms with Crippen molar-refractivity contribution in [1.29, 1.82) is 0 Å². The highest BCUT2D eigenvalue weighted by molar-refractivity contribution is 5.80. The summed E-state index contributed by atoms with van der Waals surface area (Å²) in [7, 11) is 1.77. The Balaban J connectivity index is 2.89. The van der Waals surface area contributed by atoms with Gasteiger partial charge in [-0.3, -0.25) is 14.9 Å². The van der Waals surface area contributed by atoms with Gasteiger partial charge in [-0.2, -0.15) is 0 Å². The maximum Gasteiger partial charge on any atom is 0.323 e. The molecule has 0 radical (unpaired) electrons. The van der Waals surface area contributed by atoms with E-state index < -0.39 is 23.5 Å². The van der Waals surface area contributed by atoms with E-state index in [1.807, 2.05) is 6.92 Å². The number of carbonyl (C=O) groups is 2. The van der Waals surface area contributed by atoms with Gasteiger partial charge in [-0.1, -0.05) is 13.3 Å². The molecule has 1 heterocycles. The molecule has 0 aliphatic heterocycles. The zero-order chi connectivity index (χ0) is 15.3. The average molecular weight is 283 g/mol. The van der Waals surface area contributed by atoms with E-state index in [2.05, 4.69) is 10.3 Å². The van der Waals surface area contributed by atoms with Crippen molar-refractivity contribution in [2.75, 3.05) is 0 Å². The molecule has 1 aromatic rings. The van der Waals surface area contributed by atoms with Crippen LogP contribution in [-0.2, 0) is 23.1 Å². The van der Waals surface area contributed by atoms with Crippen LogP contribution in [0.3, 0.4) is 0 Å². The monoisotopic (exact) mass is 283 g/mol. The quantitative estimate of drug-likeness (QED) is 0.647. The number of carboxylic acid groups (broad SMARTS) is 2. The van der Waals surface area contributed by atoms with Crippen molar-refractivity contribution in [3.63, 3.8) is 0 Å². The highest BCUT2D eigenvalue weighted by atomic mass is 16.4. The number of nitrogens with one attached hydrogen (secondary N) is 1. The Labute approximate surface area is 117 Å². The van der Waals surface area contributed by atoms with E-state index in [1.54, 1.807) is 24.1 Å². The fourth-order valence-electron chi connectivity index (χ4n) is 2.12. The summed E-state index contributed by atoms with van der Waals surface area (Å²) in [5, 5.41) is 21.3. The Bertz CT molecular complexity index is 486. The predicted octanol–water partition coefficient (Wildman–Crippen LogP) is 0.649. The summed E-state index contributed by atoms with van der Waals surface area (Å²) in [6.07, 6.45) is 4.34. The van der Waals surface area contributed by atoms with Gasteiger partial charge >= 0.3 is 11.9 Å². The molecule has 1 aromatic heterocycles. The summed E-state index contributed by atoms with van der Waals surface area (Å²) >= 11 is 0. The first-order valence-corrected chi connectivity index (χ1v) is 6.49. The summed E-state index contributed by atoms with van der Waals surface area (Å²) in [5.74, 6) is -2.12. The first kappa shape index (κ1) is 16.2. The molecule has 0 spiro atoms. The Morgan fingerprint density at radius 1 is 1.50 bits per heavy atom. The van der Waals surface area contributed by atoms with E-state index in [1.165, 1.54) is 6.92 Å². The van der Waals surface area contributed by atoms with Crippen molar-refractivity contribution in [2.45, 2.75) is 44.7 Å². The van der Waals surface area contributed by atoms with Gasteiger partial charge in [-0.15, -0.1) is 0 Å². The molecule has 0 aromatic carbocycles. The number of hydrogen-bond donors (Lipinski definition) is 3. The van der Waals surface area contributed by atoms with Gasteiger partial charge in [0.05, 0.1) is 6.33 Å². The zero-order valence-electron chi connectivity index (χ0n) is 12.0. The summed E-state index contributed by atoms with van der Waals surface area (Å²) in [6, 6.07) is -0.974. The van der Waals surface area contributed by atoms with Crippen LogP contribution < -0.4 is 5.32 Å². The van der Waals surface area contributed by atoms with Gasteiger partial charge in [0.1, 0.15) is 11.6 Å². The van der Waals surface area contributed by atoms with Gasteiger partial charge < -0.3 is 14.8 Å². The molecule has 0 aliphatic carbocycles. The number of imidazole rings is 1. The van der Waals surface area contributed by atoms with Crippen LogP contribution in [0.15, 0.2) is 12.5 Å². The standard InChI is InChI=1S/C13H21N3O4/c1-4-5-13(2,12(19)20)15-10(11(17)18)6-9-7-14-8-16(9)3/h7-8,10,15H,4-6H2,1-3H3,(H,17,18)(H,19,20). The van der Waals surface area contributed by atoms with E-state index in [0.29, 0.717) is 12.8 Å². The normalized spacial score (nSPS) is 15.6. The summed E-state index contributed by atoms with van der Waals surface area (Å²) in [4.78, 5) is 26.7. The predicted molar refractivity (Wildman–Crippen MR) is 72.4 cm³/mol. The number of aryl methyl sites for hydroxylation is 1. The van der Waals surface area contributed by atoms with Crippen LogP contribution in [0.25, 0.3) is 0 Å². The third-order valence-electron chi connectivity index (χ3n) is 3.34. The zero-order valence-corrected chi connectivity index (χ0v) is 12.0. The molecule has 2 atom stereocenters. The fourth-order valence-corrected chi connectivity index (χ4v) is 2.12. The first-order valence-electron chi connectivity index (χ1n) is 6.49. The molecule has 7 nitrogen and oxygen atoms in total. The molecular weight excluding hydrogens is 262 g/mol. The molecule has 1 rings (SSSR count). The third kappa shape index (κ3) is 3.80. The molecule has 0 bridgehead atoms. The second kappa shape index (κ2) is 6.51. The van der Waals surface area contributed by atoms with E-state index in [-0.39, 0.29) is 6.42 Å². The lowest BCUT2D eigenvalue weighted by Crippen LogP contribution is -2.56. The number of aromatic nitrogens is 2. The lowest BCUT2D eigenvalue weighted by Gasteiger charge is -2.29. The molecule has 20 heavy (non-hydrogen) atoms. The second-order valence-corrected chi connectivity index (χ2v) is 5.12. The van der Waals surface area contributed by atoms with Gasteiger partial charge in [0.2, 0.25) is 0 Å². The Kier molecular flexibility index (Phi) is 5.26. The van der Waals surface area contributed by atoms with Crippen LogP contribution in [0.5, 0.6) is 0 Å². The van der Waals surface area contributed by atoms with Crippen molar-refractivity contribution >= 4 is 11.9 Å². The summed E-state index contributed by atoms with van der Waals surface area (Å²) in [6.45, 7) is 3.37. The lowest BCUT2D eigenvalue weighted by molar-refractivity contribution is -0.147. The highest BCUT2D eigenvalue weighted by Crippen LogP contribution is 2.15. The van der Waals surface area contributed by atoms with Gasteiger partial charge in [-0.25, -0.2) is 4.98 Å². The van der Waals surface area contributed by atoms with Crippen LogP contribution in [0.2, 0.25) is 0 Å². The smallest absolute Gasteiger partial charge is 0.323 e. The van der Waals surface area contributed by atoms with Crippen LogP contribution in [-0.4, -0.2) is 43.3 Å². The summed E-state index contributed by atoms with van der Waals surface area (Å²) < 4.78 is 1.72. The number of aliphatic carboxylic acids is 2. The molecule has 7 heteroatoms. The van der Waals surface area contributed by atoms with Crippen molar-refractivity contribution in [1.82, 2.24) is 14.9 Å². The molecule has 0 aliphatic rings. The maximum absolute atomic E-state index is 11.4. The van der Waals surface area contributed by atoms with Crippen molar-refractivity contribution < 1.29 is 19.8 Å². The minimum absolute atomic E-state index is 0.179. The molecule has 0 fully saturated rings. The number of nitrogens with zero attached hydrogens (tertiary/aromatic N) is 2. The Morgan fingerprint density at radius 2 is 2.15 bits per heavy atom. The van der Waals surface area contributed by atoms with Gasteiger partial charge in [-0.05, 0) is 13.3 Å². The molecule has 2 unspecified atom stereocenters. The van der Waals surface area contributed by atoms with Gasteiger partial charge in [0.15, 0.2) is 0 Å². The molecule has 0 saturated heterocycles. The maximum atomic E-state index is 11.4. The second-order valence-electron chi connectivity index (χ2n) is 5.12. The van der Waals surface area contributed by atoms with E-state index in [9.17, 15) is 19.8 Å². The average Bonchev–Trinajstić information content (AvgIpc) is 2.74. The lowest BCUT2D eigenvalue weighted by atomic mass is 9.94. The Morgan fingerprint density at radius 3 is 2.55 bits per heavy atom. The third-order valence-corrected chi connectivity index (χ3v) is 3.34. The van der Waals surface area contributed by atoms with Gasteiger partial charge in [0, 0.05) is 25.4 Å². The van der Waals surface area contributed by atoms with Gasteiger partial charge in [0.25, 0.3) is 0 Å². The van der Waals surface area contributed by atoms with E-state index in [0.717, 1.165) is 5.69 Å². The SMILES string of the molecule is CCCC(C)(NC(Cc1cncn1C)C(=O)O)C(=O)O. The topological polar surface area (TPSA) is 104 Å². The van der Waals surface area contributed by atoms with E-state index >= 15 is 0 Å².